The standard InChI is InChI=1S/C13H23N3O4S/c1-16(2)21(17,18)12-5-6-13(15-11-12)14-7-4-8-20-10-9-19-3/h5-6,11H,4,7-10H2,1-3H3,(H,14,15). The van der Waals surface area contributed by atoms with E-state index in [1.165, 1.54) is 20.3 Å². The smallest absolute Gasteiger partial charge is 0.244 e. The first-order chi connectivity index (χ1) is 9.98. The maximum Gasteiger partial charge on any atom is 0.244 e. The molecule has 0 aliphatic rings. The number of nitrogens with one attached hydrogen (secondary N) is 1. The third-order valence-corrected chi connectivity index (χ3v) is 4.52. The van der Waals surface area contributed by atoms with Crippen LogP contribution in [-0.4, -0.2) is 65.3 Å². The highest BCUT2D eigenvalue weighted by atomic mass is 32.2. The normalized spacial score (nSPS) is 11.8. The second-order valence-corrected chi connectivity index (χ2v) is 6.70. The number of aromatic nitrogens is 1. The van der Waals surface area contributed by atoms with Gasteiger partial charge in [-0.15, -0.1) is 0 Å². The predicted octanol–water partition coefficient (Wildman–Crippen LogP) is 0.797. The summed E-state index contributed by atoms with van der Waals surface area (Å²) in [6, 6.07) is 3.20. The van der Waals surface area contributed by atoms with E-state index >= 15 is 0 Å². The van der Waals surface area contributed by atoms with Crippen LogP contribution in [0.1, 0.15) is 6.42 Å². The summed E-state index contributed by atoms with van der Waals surface area (Å²) in [7, 11) is 1.20. The van der Waals surface area contributed by atoms with Crippen molar-refractivity contribution >= 4 is 15.8 Å². The fraction of sp³-hybridized carbons (Fsp3) is 0.615. The highest BCUT2D eigenvalue weighted by Crippen LogP contribution is 2.13. The topological polar surface area (TPSA) is 80.8 Å². The average Bonchev–Trinajstić information content (AvgIpc) is 2.46. The SMILES string of the molecule is COCCOCCCNc1ccc(S(=O)(=O)N(C)C)cn1. The Kier molecular flexibility index (Phi) is 7.58. The molecule has 1 N–H and O–H groups in total. The quantitative estimate of drug-likeness (QED) is 0.643. The van der Waals surface area contributed by atoms with E-state index in [1.807, 2.05) is 0 Å². The van der Waals surface area contributed by atoms with Crippen LogP contribution in [0, 0.1) is 0 Å². The molecule has 0 atom stereocenters. The molecule has 0 radical (unpaired) electrons. The molecule has 1 heterocycles. The molecule has 8 heteroatoms. The van der Waals surface area contributed by atoms with Gasteiger partial charge in [-0.3, -0.25) is 0 Å². The van der Waals surface area contributed by atoms with Gasteiger partial charge in [-0.2, -0.15) is 0 Å². The summed E-state index contributed by atoms with van der Waals surface area (Å²) in [4.78, 5) is 4.28. The van der Waals surface area contributed by atoms with Crippen molar-refractivity contribution in [2.45, 2.75) is 11.3 Å². The summed E-state index contributed by atoms with van der Waals surface area (Å²) in [5.74, 6) is 0.643. The lowest BCUT2D eigenvalue weighted by atomic mass is 10.4. The summed E-state index contributed by atoms with van der Waals surface area (Å²) in [6.07, 6.45) is 2.19. The van der Waals surface area contributed by atoms with E-state index in [1.54, 1.807) is 19.2 Å². The van der Waals surface area contributed by atoms with E-state index in [-0.39, 0.29) is 4.90 Å². The van der Waals surface area contributed by atoms with E-state index in [0.717, 1.165) is 10.7 Å². The summed E-state index contributed by atoms with van der Waals surface area (Å²) in [5.41, 5.74) is 0. The Morgan fingerprint density at radius 3 is 2.57 bits per heavy atom. The molecular formula is C13H23N3O4S. The van der Waals surface area contributed by atoms with Crippen LogP contribution in [0.4, 0.5) is 5.82 Å². The van der Waals surface area contributed by atoms with E-state index in [9.17, 15) is 8.42 Å². The number of sulfonamides is 1. The summed E-state index contributed by atoms with van der Waals surface area (Å²) < 4.78 is 35.1. The number of pyridine rings is 1. The van der Waals surface area contributed by atoms with Crippen molar-refractivity contribution in [2.75, 3.05) is 52.9 Å². The van der Waals surface area contributed by atoms with Crippen LogP contribution >= 0.6 is 0 Å². The Balaban J connectivity index is 2.35. The van der Waals surface area contributed by atoms with Crippen LogP contribution < -0.4 is 5.32 Å². The number of nitrogens with zero attached hydrogens (tertiary/aromatic N) is 2. The Labute approximate surface area is 126 Å². The molecule has 7 nitrogen and oxygen atoms in total. The van der Waals surface area contributed by atoms with Crippen LogP contribution in [0.15, 0.2) is 23.2 Å². The van der Waals surface area contributed by atoms with Crippen molar-refractivity contribution < 1.29 is 17.9 Å². The zero-order valence-corrected chi connectivity index (χ0v) is 13.5. The molecule has 0 aliphatic carbocycles. The molecule has 0 amide bonds. The first kappa shape index (κ1) is 17.8. The second-order valence-electron chi connectivity index (χ2n) is 4.55. The summed E-state index contributed by atoms with van der Waals surface area (Å²) in [5, 5.41) is 3.11. The van der Waals surface area contributed by atoms with Crippen LogP contribution in [0.3, 0.4) is 0 Å². The maximum absolute atomic E-state index is 11.9. The van der Waals surface area contributed by atoms with Crippen molar-refractivity contribution in [2.24, 2.45) is 0 Å². The minimum atomic E-state index is -3.42. The van der Waals surface area contributed by atoms with Crippen LogP contribution in [-0.2, 0) is 19.5 Å². The molecule has 0 spiro atoms. The lowest BCUT2D eigenvalue weighted by Gasteiger charge is -2.11. The van der Waals surface area contributed by atoms with E-state index in [4.69, 9.17) is 9.47 Å². The van der Waals surface area contributed by atoms with E-state index < -0.39 is 10.0 Å². The Bertz CT molecular complexity index is 503. The first-order valence-corrected chi connectivity index (χ1v) is 8.11. The van der Waals surface area contributed by atoms with Gasteiger partial charge in [-0.1, -0.05) is 0 Å². The van der Waals surface area contributed by atoms with Gasteiger partial charge in [-0.05, 0) is 18.6 Å². The van der Waals surface area contributed by atoms with Gasteiger partial charge in [0.25, 0.3) is 0 Å². The molecule has 0 aliphatic heterocycles. The van der Waals surface area contributed by atoms with Gasteiger partial charge >= 0.3 is 0 Å². The zero-order valence-electron chi connectivity index (χ0n) is 12.7. The van der Waals surface area contributed by atoms with Crippen molar-refractivity contribution in [1.29, 1.82) is 0 Å². The van der Waals surface area contributed by atoms with Gasteiger partial charge in [-0.25, -0.2) is 17.7 Å². The number of hydrogen-bond acceptors (Lipinski definition) is 6. The fourth-order valence-corrected chi connectivity index (χ4v) is 2.33. The molecule has 1 rings (SSSR count). The third-order valence-electron chi connectivity index (χ3n) is 2.72. The van der Waals surface area contributed by atoms with E-state index in [2.05, 4.69) is 10.3 Å². The van der Waals surface area contributed by atoms with Gasteiger partial charge in [0.15, 0.2) is 0 Å². The predicted molar refractivity (Wildman–Crippen MR) is 80.9 cm³/mol. The monoisotopic (exact) mass is 317 g/mol. The number of hydrogen-bond donors (Lipinski definition) is 1. The molecule has 0 bridgehead atoms. The van der Waals surface area contributed by atoms with Crippen molar-refractivity contribution in [3.05, 3.63) is 18.3 Å². The van der Waals surface area contributed by atoms with Gasteiger partial charge < -0.3 is 14.8 Å². The van der Waals surface area contributed by atoms with Gasteiger partial charge in [0.1, 0.15) is 10.7 Å². The molecule has 1 aromatic rings. The van der Waals surface area contributed by atoms with Crippen LogP contribution in [0.25, 0.3) is 0 Å². The maximum atomic E-state index is 11.9. The summed E-state index contributed by atoms with van der Waals surface area (Å²) >= 11 is 0. The molecule has 0 aromatic carbocycles. The molecule has 21 heavy (non-hydrogen) atoms. The number of ether oxygens (including phenoxy) is 2. The van der Waals surface area contributed by atoms with Gasteiger partial charge in [0.2, 0.25) is 10.0 Å². The molecule has 1 aromatic heterocycles. The molecular weight excluding hydrogens is 294 g/mol. The largest absolute Gasteiger partial charge is 0.382 e. The Morgan fingerprint density at radius 1 is 1.24 bits per heavy atom. The minimum absolute atomic E-state index is 0.181. The van der Waals surface area contributed by atoms with E-state index in [0.29, 0.717) is 32.2 Å². The number of rotatable bonds is 10. The molecule has 0 fully saturated rings. The first-order valence-electron chi connectivity index (χ1n) is 6.67. The highest BCUT2D eigenvalue weighted by Gasteiger charge is 2.17. The zero-order chi connectivity index (χ0) is 15.7. The second kappa shape index (κ2) is 8.93. The lowest BCUT2D eigenvalue weighted by Crippen LogP contribution is -2.22. The van der Waals surface area contributed by atoms with Gasteiger partial charge in [0.05, 0.1) is 13.2 Å². The average molecular weight is 317 g/mol. The Morgan fingerprint density at radius 2 is 2.00 bits per heavy atom. The lowest BCUT2D eigenvalue weighted by molar-refractivity contribution is 0.0705. The Hall–Kier alpha value is -1.22. The molecule has 120 valence electrons. The molecule has 0 saturated heterocycles. The van der Waals surface area contributed by atoms with Crippen LogP contribution in [0.2, 0.25) is 0 Å². The number of methoxy groups -OCH3 is 1. The third kappa shape index (κ3) is 5.96. The fourth-order valence-electron chi connectivity index (χ4n) is 1.48. The summed E-state index contributed by atoms with van der Waals surface area (Å²) in [6.45, 7) is 2.53. The molecule has 0 saturated carbocycles. The minimum Gasteiger partial charge on any atom is -0.382 e. The molecule has 0 unspecified atom stereocenters. The highest BCUT2D eigenvalue weighted by molar-refractivity contribution is 7.89. The van der Waals surface area contributed by atoms with Crippen molar-refractivity contribution in [3.8, 4) is 0 Å². The van der Waals surface area contributed by atoms with Crippen molar-refractivity contribution in [1.82, 2.24) is 9.29 Å². The van der Waals surface area contributed by atoms with Crippen LogP contribution in [0.5, 0.6) is 0 Å². The van der Waals surface area contributed by atoms with Gasteiger partial charge in [0, 0.05) is 40.6 Å². The number of anilines is 1. The van der Waals surface area contributed by atoms with Crippen molar-refractivity contribution in [3.63, 3.8) is 0 Å².